The van der Waals surface area contributed by atoms with Crippen LogP contribution in [0.15, 0.2) is 24.3 Å². The Bertz CT molecular complexity index is 442. The number of benzene rings is 1. The second-order valence-electron chi connectivity index (χ2n) is 4.43. The summed E-state index contributed by atoms with van der Waals surface area (Å²) in [7, 11) is 0. The van der Waals surface area contributed by atoms with Gasteiger partial charge in [0, 0.05) is 11.3 Å². The number of aryl methyl sites for hydroxylation is 1. The molecule has 1 aliphatic heterocycles. The zero-order valence-corrected chi connectivity index (χ0v) is 11.3. The summed E-state index contributed by atoms with van der Waals surface area (Å²) in [6.07, 6.45) is 2.86. The third-order valence-corrected chi connectivity index (χ3v) is 4.00. The number of rotatable bonds is 4. The van der Waals surface area contributed by atoms with E-state index in [-0.39, 0.29) is 17.1 Å². The zero-order chi connectivity index (χ0) is 13.0. The van der Waals surface area contributed by atoms with Crippen LogP contribution in [0.5, 0.6) is 0 Å². The first-order valence-corrected chi connectivity index (χ1v) is 7.25. The molecular weight excluding hydrogens is 246 g/mol. The van der Waals surface area contributed by atoms with Crippen LogP contribution in [0.4, 0.5) is 0 Å². The number of hydrogen-bond acceptors (Lipinski definition) is 3. The Morgan fingerprint density at radius 2 is 2.11 bits per heavy atom. The fourth-order valence-corrected chi connectivity index (χ4v) is 2.91. The lowest BCUT2D eigenvalue weighted by Gasteiger charge is -2.10. The van der Waals surface area contributed by atoms with Crippen LogP contribution in [0.3, 0.4) is 0 Å². The molecule has 2 rings (SSSR count). The van der Waals surface area contributed by atoms with Crippen molar-refractivity contribution in [1.29, 1.82) is 0 Å². The molecule has 3 nitrogen and oxygen atoms in total. The first-order valence-electron chi connectivity index (χ1n) is 6.27. The van der Waals surface area contributed by atoms with Crippen LogP contribution in [0.1, 0.15) is 35.7 Å². The summed E-state index contributed by atoms with van der Waals surface area (Å²) in [4.78, 5) is 23.4. The van der Waals surface area contributed by atoms with E-state index in [1.54, 1.807) is 0 Å². The van der Waals surface area contributed by atoms with Crippen LogP contribution in [0.25, 0.3) is 0 Å². The van der Waals surface area contributed by atoms with Gasteiger partial charge < -0.3 is 5.32 Å². The smallest absolute Gasteiger partial charge is 0.251 e. The summed E-state index contributed by atoms with van der Waals surface area (Å²) < 4.78 is 0. The Morgan fingerprint density at radius 1 is 1.39 bits per heavy atom. The molecule has 1 amide bonds. The van der Waals surface area contributed by atoms with Crippen molar-refractivity contribution in [3.05, 3.63) is 35.4 Å². The van der Waals surface area contributed by atoms with Crippen molar-refractivity contribution >= 4 is 22.8 Å². The van der Waals surface area contributed by atoms with Gasteiger partial charge in [0.1, 0.15) is 0 Å². The van der Waals surface area contributed by atoms with E-state index < -0.39 is 0 Å². The van der Waals surface area contributed by atoms with Crippen molar-refractivity contribution in [3.63, 3.8) is 0 Å². The van der Waals surface area contributed by atoms with Gasteiger partial charge in [0.2, 0.25) is 5.12 Å². The van der Waals surface area contributed by atoms with E-state index in [9.17, 15) is 9.59 Å². The van der Waals surface area contributed by atoms with Crippen molar-refractivity contribution < 1.29 is 9.59 Å². The molecule has 4 heteroatoms. The number of thioether (sulfide) groups is 1. The highest BCUT2D eigenvalue weighted by Crippen LogP contribution is 2.19. The average Bonchev–Trinajstić information content (AvgIpc) is 2.76. The maximum Gasteiger partial charge on any atom is 0.251 e. The Morgan fingerprint density at radius 3 is 2.67 bits per heavy atom. The van der Waals surface area contributed by atoms with Crippen molar-refractivity contribution in [2.75, 3.05) is 5.75 Å². The van der Waals surface area contributed by atoms with Gasteiger partial charge in [-0.05, 0) is 30.5 Å². The first-order chi connectivity index (χ1) is 8.70. The summed E-state index contributed by atoms with van der Waals surface area (Å²) in [5.74, 6) is 0.651. The van der Waals surface area contributed by atoms with Gasteiger partial charge >= 0.3 is 0 Å². The highest BCUT2D eigenvalue weighted by Gasteiger charge is 2.26. The molecule has 96 valence electrons. The maximum atomic E-state index is 11.9. The Balaban J connectivity index is 1.98. The molecule has 18 heavy (non-hydrogen) atoms. The summed E-state index contributed by atoms with van der Waals surface area (Å²) in [6, 6.07) is 7.30. The van der Waals surface area contributed by atoms with Crippen LogP contribution in [0.2, 0.25) is 0 Å². The summed E-state index contributed by atoms with van der Waals surface area (Å²) in [5.41, 5.74) is 1.86. The molecule has 1 saturated heterocycles. The van der Waals surface area contributed by atoms with Crippen LogP contribution >= 0.6 is 11.8 Å². The SMILES string of the molecule is CCCc1ccc(C(=O)NC2CCSC2=O)cc1. The fourth-order valence-electron chi connectivity index (χ4n) is 1.98. The van der Waals surface area contributed by atoms with Gasteiger partial charge in [0.25, 0.3) is 5.91 Å². The number of carbonyl (C=O) groups is 2. The predicted octanol–water partition coefficient (Wildman–Crippen LogP) is 2.40. The van der Waals surface area contributed by atoms with Gasteiger partial charge in [0.15, 0.2) is 0 Å². The highest BCUT2D eigenvalue weighted by molar-refractivity contribution is 8.14. The molecule has 1 N–H and O–H groups in total. The predicted molar refractivity (Wildman–Crippen MR) is 73.8 cm³/mol. The minimum absolute atomic E-state index is 0.0750. The van der Waals surface area contributed by atoms with Gasteiger partial charge in [-0.1, -0.05) is 37.2 Å². The molecule has 1 fully saturated rings. The van der Waals surface area contributed by atoms with Gasteiger partial charge in [-0.25, -0.2) is 0 Å². The van der Waals surface area contributed by atoms with Crippen molar-refractivity contribution in [1.82, 2.24) is 5.32 Å². The molecule has 1 aliphatic rings. The molecule has 0 saturated carbocycles. The number of carbonyl (C=O) groups excluding carboxylic acids is 2. The zero-order valence-electron chi connectivity index (χ0n) is 10.4. The standard InChI is InChI=1S/C14H17NO2S/c1-2-3-10-4-6-11(7-5-10)13(16)15-12-8-9-18-14(12)17/h4-7,12H,2-3,8-9H2,1H3,(H,15,16). The average molecular weight is 263 g/mol. The molecule has 1 atom stereocenters. The van der Waals surface area contributed by atoms with Gasteiger partial charge in [0.05, 0.1) is 6.04 Å². The van der Waals surface area contributed by atoms with Gasteiger partial charge in [-0.2, -0.15) is 0 Å². The lowest BCUT2D eigenvalue weighted by molar-refractivity contribution is -0.112. The molecule has 0 aromatic heterocycles. The Kier molecular flexibility index (Phi) is 4.42. The van der Waals surface area contributed by atoms with Crippen LogP contribution in [-0.2, 0) is 11.2 Å². The van der Waals surface area contributed by atoms with Crippen LogP contribution in [-0.4, -0.2) is 22.8 Å². The number of amides is 1. The van der Waals surface area contributed by atoms with Crippen molar-refractivity contribution in [2.45, 2.75) is 32.2 Å². The second kappa shape index (κ2) is 6.05. The summed E-state index contributed by atoms with van der Waals surface area (Å²) in [6.45, 7) is 2.13. The minimum Gasteiger partial charge on any atom is -0.341 e. The fraction of sp³-hybridized carbons (Fsp3) is 0.429. The topological polar surface area (TPSA) is 46.2 Å². The van der Waals surface area contributed by atoms with E-state index in [4.69, 9.17) is 0 Å². The van der Waals surface area contributed by atoms with Crippen molar-refractivity contribution in [3.8, 4) is 0 Å². The molecule has 0 bridgehead atoms. The van der Waals surface area contributed by atoms with E-state index in [1.165, 1.54) is 17.3 Å². The van der Waals surface area contributed by atoms with E-state index in [2.05, 4.69) is 12.2 Å². The third-order valence-electron chi connectivity index (χ3n) is 3.00. The number of hydrogen-bond donors (Lipinski definition) is 1. The van der Waals surface area contributed by atoms with Crippen molar-refractivity contribution in [2.24, 2.45) is 0 Å². The third kappa shape index (κ3) is 3.13. The normalized spacial score (nSPS) is 18.9. The molecule has 1 heterocycles. The summed E-state index contributed by atoms with van der Waals surface area (Å²) in [5, 5.41) is 2.86. The Hall–Kier alpha value is -1.29. The van der Waals surface area contributed by atoms with E-state index >= 15 is 0 Å². The minimum atomic E-state index is -0.308. The summed E-state index contributed by atoms with van der Waals surface area (Å²) >= 11 is 1.30. The first kappa shape index (κ1) is 13.1. The molecular formula is C14H17NO2S. The second-order valence-corrected chi connectivity index (χ2v) is 5.53. The molecule has 0 aliphatic carbocycles. The lowest BCUT2D eigenvalue weighted by atomic mass is 10.1. The monoisotopic (exact) mass is 263 g/mol. The van der Waals surface area contributed by atoms with E-state index in [0.29, 0.717) is 5.56 Å². The van der Waals surface area contributed by atoms with Crippen LogP contribution < -0.4 is 5.32 Å². The molecule has 1 aromatic rings. The lowest BCUT2D eigenvalue weighted by Crippen LogP contribution is -2.37. The quantitative estimate of drug-likeness (QED) is 0.907. The van der Waals surface area contributed by atoms with Gasteiger partial charge in [-0.3, -0.25) is 9.59 Å². The Labute approximate surface area is 111 Å². The maximum absolute atomic E-state index is 11.9. The number of nitrogens with one attached hydrogen (secondary N) is 1. The molecule has 0 radical (unpaired) electrons. The van der Waals surface area contributed by atoms with Crippen LogP contribution in [0, 0.1) is 0 Å². The molecule has 0 spiro atoms. The van der Waals surface area contributed by atoms with Gasteiger partial charge in [-0.15, -0.1) is 0 Å². The highest BCUT2D eigenvalue weighted by atomic mass is 32.2. The van der Waals surface area contributed by atoms with E-state index in [0.717, 1.165) is 25.0 Å². The largest absolute Gasteiger partial charge is 0.341 e. The van der Waals surface area contributed by atoms with E-state index in [1.807, 2.05) is 24.3 Å². The molecule has 1 aromatic carbocycles. The molecule has 1 unspecified atom stereocenters.